The maximum absolute atomic E-state index is 12.1. The Bertz CT molecular complexity index is 1780. The summed E-state index contributed by atoms with van der Waals surface area (Å²) in [6.45, 7) is 14.7. The van der Waals surface area contributed by atoms with E-state index in [1.165, 1.54) is 0 Å². The zero-order chi connectivity index (χ0) is 36.6. The number of hydrogen-bond donors (Lipinski definition) is 3. The number of fused-ring (bicyclic) bond motifs is 1. The molecule has 1 aromatic heterocycles. The smallest absolute Gasteiger partial charge is 1.00 e. The van der Waals surface area contributed by atoms with Crippen LogP contribution in [0.2, 0.25) is 0 Å². The van der Waals surface area contributed by atoms with E-state index in [1.807, 2.05) is 75.4 Å². The van der Waals surface area contributed by atoms with E-state index in [1.54, 1.807) is 24.3 Å². The molecule has 266 valence electrons. The molecule has 4 N–H and O–H groups in total. The molecule has 1 unspecified atom stereocenters. The first kappa shape index (κ1) is 44.4. The number of carbonyl (C=O) groups excluding carboxylic acids is 2. The molecular formula is C39H51N2NaO7S. The van der Waals surface area contributed by atoms with Crippen LogP contribution in [0.1, 0.15) is 83.1 Å². The van der Waals surface area contributed by atoms with Crippen LogP contribution in [0.15, 0.2) is 102 Å². The molecule has 3 aromatic carbocycles. The number of para-hydroxylation sites is 1. The zero-order valence-corrected chi connectivity index (χ0v) is 33.3. The van der Waals surface area contributed by atoms with Gasteiger partial charge in [0.25, 0.3) is 16.0 Å². The molecule has 4 aromatic rings. The molecule has 1 atom stereocenters. The first-order valence-corrected chi connectivity index (χ1v) is 17.9. The number of nitrogens with one attached hydrogen (secondary N) is 1. The Morgan fingerprint density at radius 1 is 1.02 bits per heavy atom. The Morgan fingerprint density at radius 2 is 1.64 bits per heavy atom. The molecule has 4 rings (SSSR count). The van der Waals surface area contributed by atoms with Crippen molar-refractivity contribution in [3.8, 4) is 5.75 Å². The van der Waals surface area contributed by atoms with Gasteiger partial charge >= 0.3 is 29.6 Å². The minimum Gasteiger partial charge on any atom is -1.00 e. The van der Waals surface area contributed by atoms with Gasteiger partial charge in [0.05, 0.1) is 18.3 Å². The van der Waals surface area contributed by atoms with Crippen LogP contribution in [0.5, 0.6) is 5.75 Å². The normalized spacial score (nSPS) is 12.1. The molecule has 0 aliphatic heterocycles. The number of nitrogens with two attached hydrogens (primary N) is 1. The molecule has 0 fully saturated rings. The largest absolute Gasteiger partial charge is 1.00 e. The van der Waals surface area contributed by atoms with Crippen LogP contribution in [0.4, 0.5) is 0 Å². The Morgan fingerprint density at radius 3 is 2.18 bits per heavy atom. The van der Waals surface area contributed by atoms with Crippen molar-refractivity contribution in [3.05, 3.63) is 120 Å². The average Bonchev–Trinajstić information content (AvgIpc) is 3.51. The van der Waals surface area contributed by atoms with Gasteiger partial charge in [-0.15, -0.1) is 0 Å². The Labute approximate surface area is 320 Å². The fourth-order valence-electron chi connectivity index (χ4n) is 4.40. The van der Waals surface area contributed by atoms with Gasteiger partial charge in [0.15, 0.2) is 0 Å². The standard InChI is InChI=1S/C23H30N2O6S.C14H14O.C2H6.Na.H/c1-23(2,3)15-31-19-10-8-17(9-11-19)20(21(24)26)14-16-4-6-18(7-5-16)22(27)25-12-13-32(28,29)30;1-3-4-7-11(2)14-10-12-8-5-6-9-13(12)15-14;1-2;;/h4-11,20H,12-15H2,1-3H3,(H2,24,26)(H,25,27)(H,28,29,30);3-10H,1-2H3;1-2H3;;/q;;;+1;-1/b;4-3-,11-7+;;;. The van der Waals surface area contributed by atoms with Crippen LogP contribution in [0.25, 0.3) is 16.5 Å². The number of benzene rings is 3. The fourth-order valence-corrected chi connectivity index (χ4v) is 4.76. The van der Waals surface area contributed by atoms with E-state index >= 15 is 0 Å². The van der Waals surface area contributed by atoms with Gasteiger partial charge in [-0.1, -0.05) is 95.3 Å². The number of furan rings is 1. The maximum atomic E-state index is 12.1. The number of carbonyl (C=O) groups is 2. The number of ether oxygens (including phenoxy) is 1. The third-order valence-corrected chi connectivity index (χ3v) is 7.67. The quantitative estimate of drug-likeness (QED) is 0.105. The maximum Gasteiger partial charge on any atom is 1.00 e. The van der Waals surface area contributed by atoms with Crippen LogP contribution in [0.3, 0.4) is 0 Å². The first-order chi connectivity index (χ1) is 23.1. The van der Waals surface area contributed by atoms with Crippen molar-refractivity contribution in [1.29, 1.82) is 0 Å². The number of allylic oxidation sites excluding steroid dienone is 4. The molecule has 11 heteroatoms. The molecule has 2 amide bonds. The van der Waals surface area contributed by atoms with Gasteiger partial charge in [0.2, 0.25) is 5.91 Å². The molecule has 0 radical (unpaired) electrons. The van der Waals surface area contributed by atoms with Crippen molar-refractivity contribution in [3.63, 3.8) is 0 Å². The third kappa shape index (κ3) is 15.9. The molecule has 0 bridgehead atoms. The summed E-state index contributed by atoms with van der Waals surface area (Å²) in [5.74, 6) is -0.360. The monoisotopic (exact) mass is 714 g/mol. The summed E-state index contributed by atoms with van der Waals surface area (Å²) in [7, 11) is -4.14. The zero-order valence-electron chi connectivity index (χ0n) is 31.5. The Hall–Kier alpha value is -3.67. The van der Waals surface area contributed by atoms with E-state index in [4.69, 9.17) is 19.4 Å². The second-order valence-corrected chi connectivity index (χ2v) is 13.9. The van der Waals surface area contributed by atoms with Crippen molar-refractivity contribution in [1.82, 2.24) is 5.32 Å². The summed E-state index contributed by atoms with van der Waals surface area (Å²) < 4.78 is 41.6. The fraction of sp³-hybridized carbons (Fsp3) is 0.333. The summed E-state index contributed by atoms with van der Waals surface area (Å²) >= 11 is 0. The number of amides is 2. The van der Waals surface area contributed by atoms with Crippen molar-refractivity contribution in [2.75, 3.05) is 18.9 Å². The topological polar surface area (TPSA) is 149 Å². The van der Waals surface area contributed by atoms with E-state index in [0.29, 0.717) is 18.6 Å². The number of rotatable bonds is 12. The predicted octanol–water partition coefficient (Wildman–Crippen LogP) is 5.10. The van der Waals surface area contributed by atoms with Crippen molar-refractivity contribution in [2.24, 2.45) is 11.1 Å². The van der Waals surface area contributed by atoms with Gasteiger partial charge in [-0.3, -0.25) is 14.1 Å². The van der Waals surface area contributed by atoms with Crippen molar-refractivity contribution in [2.45, 2.75) is 60.8 Å². The van der Waals surface area contributed by atoms with E-state index in [9.17, 15) is 18.0 Å². The molecule has 9 nitrogen and oxygen atoms in total. The molecule has 0 spiro atoms. The summed E-state index contributed by atoms with van der Waals surface area (Å²) in [5, 5.41) is 3.57. The van der Waals surface area contributed by atoms with Gasteiger partial charge in [0, 0.05) is 17.5 Å². The number of primary amides is 1. The third-order valence-electron chi connectivity index (χ3n) is 6.95. The summed E-state index contributed by atoms with van der Waals surface area (Å²) in [6, 6.07) is 24.0. The summed E-state index contributed by atoms with van der Waals surface area (Å²) in [5.41, 5.74) is 9.68. The van der Waals surface area contributed by atoms with Crippen molar-refractivity contribution >= 4 is 38.5 Å². The van der Waals surface area contributed by atoms with Crippen LogP contribution >= 0.6 is 0 Å². The van der Waals surface area contributed by atoms with Crippen LogP contribution in [-0.4, -0.2) is 43.7 Å². The first-order valence-electron chi connectivity index (χ1n) is 16.3. The van der Waals surface area contributed by atoms with Crippen LogP contribution in [-0.2, 0) is 21.3 Å². The molecule has 1 heterocycles. The van der Waals surface area contributed by atoms with E-state index < -0.39 is 33.6 Å². The van der Waals surface area contributed by atoms with E-state index in [0.717, 1.165) is 39.2 Å². The van der Waals surface area contributed by atoms with E-state index in [2.05, 4.69) is 51.2 Å². The summed E-state index contributed by atoms with van der Waals surface area (Å²) in [6.07, 6.45) is 6.44. The molecule has 0 aliphatic carbocycles. The Balaban J connectivity index is 0.00000110. The Kier molecular flexibility index (Phi) is 19.1. The minimum atomic E-state index is -4.14. The minimum absolute atomic E-state index is 0. The van der Waals surface area contributed by atoms with Crippen LogP contribution < -0.4 is 45.3 Å². The predicted molar refractivity (Wildman–Crippen MR) is 199 cm³/mol. The summed E-state index contributed by atoms with van der Waals surface area (Å²) in [4.78, 5) is 24.1. The van der Waals surface area contributed by atoms with Gasteiger partial charge in [0.1, 0.15) is 17.1 Å². The molecular weight excluding hydrogens is 663 g/mol. The molecule has 0 saturated heterocycles. The molecule has 50 heavy (non-hydrogen) atoms. The second-order valence-electron chi connectivity index (χ2n) is 12.3. The van der Waals surface area contributed by atoms with Crippen LogP contribution in [0, 0.1) is 5.41 Å². The number of hydrogen-bond acceptors (Lipinski definition) is 6. The SMILES string of the molecule is C/C=C\C=C(/C)c1cc2ccccc2o1.CC.CC(C)(C)COc1ccc(C(Cc2ccc(C(=O)NCCS(=O)(=O)O)cc2)C(N)=O)cc1.[H-].[Na+]. The van der Waals surface area contributed by atoms with Gasteiger partial charge in [-0.25, -0.2) is 0 Å². The van der Waals surface area contributed by atoms with E-state index in [-0.39, 0.29) is 42.9 Å². The second kappa shape index (κ2) is 21.5. The van der Waals surface area contributed by atoms with Gasteiger partial charge < -0.3 is 21.6 Å². The van der Waals surface area contributed by atoms with Gasteiger partial charge in [-0.2, -0.15) is 8.42 Å². The van der Waals surface area contributed by atoms with Crippen molar-refractivity contribution < 1.29 is 62.7 Å². The average molecular weight is 715 g/mol. The molecule has 0 aliphatic rings. The van der Waals surface area contributed by atoms with Gasteiger partial charge in [-0.05, 0) is 78.8 Å². The molecule has 0 saturated carbocycles.